The summed E-state index contributed by atoms with van der Waals surface area (Å²) in [6, 6.07) is 0. The standard InChI is InChI=1S/C17H23N5O3S2/c1-17(2,3)22-16(19-20-21-22)26-9-12(23)18-14-13(15(24)25-4)10-7-5-6-8-11(10)27-14/h5-9H2,1-4H3,(H,18,23). The van der Waals surface area contributed by atoms with Crippen LogP contribution in [-0.2, 0) is 27.9 Å². The maximum absolute atomic E-state index is 12.5. The molecule has 146 valence electrons. The van der Waals surface area contributed by atoms with Gasteiger partial charge in [0.15, 0.2) is 0 Å². The molecular formula is C17H23N5O3S2. The molecule has 1 aliphatic carbocycles. The molecule has 0 spiro atoms. The highest BCUT2D eigenvalue weighted by Gasteiger charge is 2.27. The van der Waals surface area contributed by atoms with Crippen LogP contribution in [0.4, 0.5) is 5.00 Å². The largest absolute Gasteiger partial charge is 0.465 e. The van der Waals surface area contributed by atoms with Crippen LogP contribution in [0.25, 0.3) is 0 Å². The molecule has 0 saturated carbocycles. The first-order valence-corrected chi connectivity index (χ1v) is 10.6. The second kappa shape index (κ2) is 7.97. The van der Waals surface area contributed by atoms with Crippen LogP contribution in [0.2, 0.25) is 0 Å². The summed E-state index contributed by atoms with van der Waals surface area (Å²) in [7, 11) is 1.36. The van der Waals surface area contributed by atoms with Crippen molar-refractivity contribution in [1.29, 1.82) is 0 Å². The second-order valence-electron chi connectivity index (χ2n) is 7.29. The predicted molar refractivity (Wildman–Crippen MR) is 104 cm³/mol. The zero-order valence-corrected chi connectivity index (χ0v) is 17.5. The van der Waals surface area contributed by atoms with E-state index in [-0.39, 0.29) is 17.2 Å². The summed E-state index contributed by atoms with van der Waals surface area (Å²) in [6.45, 7) is 5.98. The molecule has 0 aliphatic heterocycles. The number of methoxy groups -OCH3 is 1. The van der Waals surface area contributed by atoms with E-state index in [0.29, 0.717) is 15.7 Å². The number of nitrogens with zero attached hydrogens (tertiary/aromatic N) is 4. The van der Waals surface area contributed by atoms with Crippen LogP contribution in [0.1, 0.15) is 54.4 Å². The number of rotatable bonds is 5. The predicted octanol–water partition coefficient (Wildman–Crippen LogP) is 2.89. The van der Waals surface area contributed by atoms with E-state index in [4.69, 9.17) is 4.74 Å². The topological polar surface area (TPSA) is 99.0 Å². The van der Waals surface area contributed by atoms with E-state index in [1.807, 2.05) is 20.8 Å². The number of aromatic nitrogens is 4. The number of thiophene rings is 1. The van der Waals surface area contributed by atoms with Gasteiger partial charge in [-0.25, -0.2) is 9.48 Å². The van der Waals surface area contributed by atoms with E-state index >= 15 is 0 Å². The van der Waals surface area contributed by atoms with Gasteiger partial charge in [0.25, 0.3) is 0 Å². The number of amides is 1. The van der Waals surface area contributed by atoms with E-state index in [9.17, 15) is 9.59 Å². The Bertz CT molecular complexity index is 853. The van der Waals surface area contributed by atoms with Gasteiger partial charge >= 0.3 is 5.97 Å². The Morgan fingerprint density at radius 2 is 2.04 bits per heavy atom. The lowest BCUT2D eigenvalue weighted by Gasteiger charge is -2.19. The maximum Gasteiger partial charge on any atom is 0.341 e. The SMILES string of the molecule is COC(=O)c1c(NC(=O)CSc2nnnn2C(C)(C)C)sc2c1CCCC2. The van der Waals surface area contributed by atoms with Gasteiger partial charge in [-0.05, 0) is 62.4 Å². The number of carbonyl (C=O) groups excluding carboxylic acids is 2. The van der Waals surface area contributed by atoms with E-state index in [2.05, 4.69) is 20.8 Å². The van der Waals surface area contributed by atoms with E-state index < -0.39 is 5.97 Å². The van der Waals surface area contributed by atoms with Crippen molar-refractivity contribution in [2.45, 2.75) is 57.1 Å². The highest BCUT2D eigenvalue weighted by Crippen LogP contribution is 2.38. The summed E-state index contributed by atoms with van der Waals surface area (Å²) in [5.41, 5.74) is 1.26. The molecule has 1 aliphatic rings. The fraction of sp³-hybridized carbons (Fsp3) is 0.588. The number of fused-ring (bicyclic) bond motifs is 1. The van der Waals surface area contributed by atoms with Crippen LogP contribution in [0.5, 0.6) is 0 Å². The Morgan fingerprint density at radius 1 is 1.30 bits per heavy atom. The minimum atomic E-state index is -0.394. The molecule has 0 radical (unpaired) electrons. The van der Waals surface area contributed by atoms with Crippen LogP contribution >= 0.6 is 23.1 Å². The molecule has 0 atom stereocenters. The number of ether oxygens (including phenoxy) is 1. The highest BCUT2D eigenvalue weighted by molar-refractivity contribution is 7.99. The Labute approximate surface area is 166 Å². The van der Waals surface area contributed by atoms with Gasteiger partial charge in [-0.15, -0.1) is 16.4 Å². The monoisotopic (exact) mass is 409 g/mol. The fourth-order valence-electron chi connectivity index (χ4n) is 2.95. The van der Waals surface area contributed by atoms with Gasteiger partial charge in [-0.1, -0.05) is 11.8 Å². The average molecular weight is 410 g/mol. The van der Waals surface area contributed by atoms with Gasteiger partial charge in [0.2, 0.25) is 11.1 Å². The second-order valence-corrected chi connectivity index (χ2v) is 9.34. The van der Waals surface area contributed by atoms with Crippen molar-refractivity contribution >= 4 is 40.0 Å². The third kappa shape index (κ3) is 4.32. The van der Waals surface area contributed by atoms with Crippen molar-refractivity contribution in [1.82, 2.24) is 20.2 Å². The number of nitrogens with one attached hydrogen (secondary N) is 1. The van der Waals surface area contributed by atoms with Crippen LogP contribution in [-0.4, -0.2) is 44.9 Å². The molecule has 0 fully saturated rings. The van der Waals surface area contributed by atoms with Crippen molar-refractivity contribution in [3.8, 4) is 0 Å². The van der Waals surface area contributed by atoms with Crippen molar-refractivity contribution in [2.24, 2.45) is 0 Å². The van der Waals surface area contributed by atoms with Crippen molar-refractivity contribution < 1.29 is 14.3 Å². The number of carbonyl (C=O) groups is 2. The summed E-state index contributed by atoms with van der Waals surface area (Å²) < 4.78 is 6.63. The quantitative estimate of drug-likeness (QED) is 0.599. The molecule has 0 unspecified atom stereocenters. The van der Waals surface area contributed by atoms with Crippen molar-refractivity contribution in [3.05, 3.63) is 16.0 Å². The molecular weight excluding hydrogens is 386 g/mol. The molecule has 0 aromatic carbocycles. The number of tetrazole rings is 1. The third-order valence-corrected chi connectivity index (χ3v) is 6.35. The van der Waals surface area contributed by atoms with Crippen LogP contribution in [0.3, 0.4) is 0 Å². The Morgan fingerprint density at radius 3 is 2.74 bits per heavy atom. The first-order chi connectivity index (χ1) is 12.8. The fourth-order valence-corrected chi connectivity index (χ4v) is 5.11. The lowest BCUT2D eigenvalue weighted by atomic mass is 9.95. The van der Waals surface area contributed by atoms with Crippen LogP contribution in [0.15, 0.2) is 5.16 Å². The molecule has 2 aromatic rings. The highest BCUT2D eigenvalue weighted by atomic mass is 32.2. The van der Waals surface area contributed by atoms with Crippen LogP contribution in [0, 0.1) is 0 Å². The van der Waals surface area contributed by atoms with Gasteiger partial charge in [0, 0.05) is 4.88 Å². The molecule has 2 aromatic heterocycles. The number of hydrogen-bond donors (Lipinski definition) is 1. The summed E-state index contributed by atoms with van der Waals surface area (Å²) in [6.07, 6.45) is 3.94. The van der Waals surface area contributed by atoms with Crippen molar-refractivity contribution in [2.75, 3.05) is 18.2 Å². The number of esters is 1. The molecule has 10 heteroatoms. The number of aryl methyl sites for hydroxylation is 1. The average Bonchev–Trinajstić information content (AvgIpc) is 3.23. The molecule has 27 heavy (non-hydrogen) atoms. The van der Waals surface area contributed by atoms with E-state index in [1.165, 1.54) is 35.1 Å². The number of anilines is 1. The minimum absolute atomic E-state index is 0.152. The molecule has 3 rings (SSSR count). The summed E-state index contributed by atoms with van der Waals surface area (Å²) in [5.74, 6) is -0.444. The zero-order valence-electron chi connectivity index (χ0n) is 15.9. The number of thioether (sulfide) groups is 1. The number of hydrogen-bond acceptors (Lipinski definition) is 8. The molecule has 8 nitrogen and oxygen atoms in total. The Kier molecular flexibility index (Phi) is 5.85. The van der Waals surface area contributed by atoms with Crippen molar-refractivity contribution in [3.63, 3.8) is 0 Å². The summed E-state index contributed by atoms with van der Waals surface area (Å²) in [5, 5.41) is 15.7. The lowest BCUT2D eigenvalue weighted by Crippen LogP contribution is -2.24. The zero-order chi connectivity index (χ0) is 19.6. The molecule has 1 N–H and O–H groups in total. The first-order valence-electron chi connectivity index (χ1n) is 8.75. The smallest absolute Gasteiger partial charge is 0.341 e. The Balaban J connectivity index is 1.72. The van der Waals surface area contributed by atoms with Crippen LogP contribution < -0.4 is 5.32 Å². The first kappa shape index (κ1) is 19.8. The summed E-state index contributed by atoms with van der Waals surface area (Å²) >= 11 is 2.74. The van der Waals surface area contributed by atoms with Gasteiger partial charge in [0.05, 0.1) is 24.0 Å². The molecule has 0 saturated heterocycles. The lowest BCUT2D eigenvalue weighted by molar-refractivity contribution is -0.113. The van der Waals surface area contributed by atoms with Gasteiger partial charge in [-0.2, -0.15) is 0 Å². The summed E-state index contributed by atoms with van der Waals surface area (Å²) in [4.78, 5) is 25.9. The molecule has 2 heterocycles. The Hall–Kier alpha value is -1.94. The van der Waals surface area contributed by atoms with E-state index in [0.717, 1.165) is 31.2 Å². The normalized spacial score (nSPS) is 13.9. The van der Waals surface area contributed by atoms with E-state index in [1.54, 1.807) is 4.68 Å². The van der Waals surface area contributed by atoms with Gasteiger partial charge in [-0.3, -0.25) is 4.79 Å². The van der Waals surface area contributed by atoms with Gasteiger partial charge in [0.1, 0.15) is 5.00 Å². The minimum Gasteiger partial charge on any atom is -0.465 e. The molecule has 1 amide bonds. The maximum atomic E-state index is 12.5. The third-order valence-electron chi connectivity index (χ3n) is 4.22. The molecule has 0 bridgehead atoms. The van der Waals surface area contributed by atoms with Gasteiger partial charge < -0.3 is 10.1 Å².